The van der Waals surface area contributed by atoms with Crippen LogP contribution in [0.4, 0.5) is 0 Å². The van der Waals surface area contributed by atoms with Crippen molar-refractivity contribution in [2.75, 3.05) is 6.61 Å². The highest BCUT2D eigenvalue weighted by molar-refractivity contribution is 5.85. The van der Waals surface area contributed by atoms with Crippen LogP contribution in [0.25, 0.3) is 0 Å². The quantitative estimate of drug-likeness (QED) is 0.777. The largest absolute Gasteiger partial charge is 0.493 e. The summed E-state index contributed by atoms with van der Waals surface area (Å²) in [6, 6.07) is 6.20. The molecule has 1 atom stereocenters. The van der Waals surface area contributed by atoms with Gasteiger partial charge in [-0.25, -0.2) is 0 Å². The maximum absolute atomic E-state index is 10.2. The van der Waals surface area contributed by atoms with E-state index in [1.807, 2.05) is 19.1 Å². The molecule has 0 radical (unpaired) electrons. The Morgan fingerprint density at radius 3 is 3.12 bits per heavy atom. The van der Waals surface area contributed by atoms with E-state index < -0.39 is 0 Å². The van der Waals surface area contributed by atoms with Crippen LogP contribution in [-0.2, 0) is 22.4 Å². The van der Waals surface area contributed by atoms with Gasteiger partial charge in [0.15, 0.2) is 0 Å². The zero-order chi connectivity index (χ0) is 11.4. The normalized spacial score (nSPS) is 14.9. The summed E-state index contributed by atoms with van der Waals surface area (Å²) in [7, 11) is 0. The molecule has 4 heteroatoms. The summed E-state index contributed by atoms with van der Waals surface area (Å²) in [5.74, 6) is 0.999. The van der Waals surface area contributed by atoms with Crippen molar-refractivity contribution in [3.8, 4) is 5.75 Å². The molecule has 1 aromatic rings. The number of benzene rings is 1. The van der Waals surface area contributed by atoms with Crippen LogP contribution in [0.15, 0.2) is 18.2 Å². The zero-order valence-corrected chi connectivity index (χ0v) is 10.7. The van der Waals surface area contributed by atoms with E-state index in [0.717, 1.165) is 31.6 Å². The molecule has 0 spiro atoms. The summed E-state index contributed by atoms with van der Waals surface area (Å²) in [5.41, 5.74) is 2.46. The van der Waals surface area contributed by atoms with E-state index in [9.17, 15) is 4.79 Å². The highest BCUT2D eigenvalue weighted by Crippen LogP contribution is 2.26. The van der Waals surface area contributed by atoms with Crippen LogP contribution in [0.5, 0.6) is 5.75 Å². The summed E-state index contributed by atoms with van der Waals surface area (Å²) < 4.78 is 10.4. The van der Waals surface area contributed by atoms with Crippen molar-refractivity contribution in [1.29, 1.82) is 0 Å². The van der Waals surface area contributed by atoms with Gasteiger partial charge < -0.3 is 9.47 Å². The summed E-state index contributed by atoms with van der Waals surface area (Å²) in [6.45, 7) is 3.22. The van der Waals surface area contributed by atoms with E-state index in [1.165, 1.54) is 11.1 Å². The Hall–Kier alpha value is -1.22. The lowest BCUT2D eigenvalue weighted by Gasteiger charge is -2.18. The van der Waals surface area contributed by atoms with Crippen LogP contribution < -0.4 is 4.74 Å². The van der Waals surface area contributed by atoms with E-state index in [1.54, 1.807) is 0 Å². The van der Waals surface area contributed by atoms with E-state index in [4.69, 9.17) is 9.47 Å². The topological polar surface area (TPSA) is 35.5 Å². The number of fused-ring (bicyclic) bond motifs is 1. The summed E-state index contributed by atoms with van der Waals surface area (Å²) in [6.07, 6.45) is 2.84. The molecular formula is C13H17ClO3. The fourth-order valence-electron chi connectivity index (χ4n) is 2.02. The lowest BCUT2D eigenvalue weighted by atomic mass is 10.0. The SMILES string of the molecule is CC(Cc1ccc2c(c1)CCCO2)OC=O.Cl. The molecule has 0 aromatic heterocycles. The Kier molecular flexibility index (Phi) is 5.29. The molecule has 2 rings (SSSR count). The predicted molar refractivity (Wildman–Crippen MR) is 67.8 cm³/mol. The van der Waals surface area contributed by atoms with Gasteiger partial charge in [-0.05, 0) is 37.0 Å². The van der Waals surface area contributed by atoms with Crippen molar-refractivity contribution in [2.24, 2.45) is 0 Å². The van der Waals surface area contributed by atoms with Gasteiger partial charge in [-0.2, -0.15) is 0 Å². The molecule has 0 saturated carbocycles. The van der Waals surface area contributed by atoms with Crippen molar-refractivity contribution >= 4 is 18.9 Å². The number of rotatable bonds is 4. The molecule has 0 fully saturated rings. The monoisotopic (exact) mass is 256 g/mol. The van der Waals surface area contributed by atoms with Crippen molar-refractivity contribution < 1.29 is 14.3 Å². The molecule has 17 heavy (non-hydrogen) atoms. The molecule has 1 unspecified atom stereocenters. The van der Waals surface area contributed by atoms with Gasteiger partial charge in [-0.3, -0.25) is 4.79 Å². The molecule has 1 aromatic carbocycles. The fourth-order valence-corrected chi connectivity index (χ4v) is 2.02. The van der Waals surface area contributed by atoms with Crippen LogP contribution in [0, 0.1) is 0 Å². The van der Waals surface area contributed by atoms with Gasteiger partial charge in [0.1, 0.15) is 11.9 Å². The molecule has 3 nitrogen and oxygen atoms in total. The van der Waals surface area contributed by atoms with Crippen LogP contribution >= 0.6 is 12.4 Å². The molecule has 0 N–H and O–H groups in total. The third-order valence-corrected chi connectivity index (χ3v) is 2.78. The second kappa shape index (κ2) is 6.50. The Labute approximate surface area is 108 Å². The number of carbonyl (C=O) groups excluding carboxylic acids is 1. The van der Waals surface area contributed by atoms with E-state index in [2.05, 4.69) is 6.07 Å². The van der Waals surface area contributed by atoms with Gasteiger partial charge in [0.05, 0.1) is 6.61 Å². The Morgan fingerprint density at radius 1 is 1.53 bits per heavy atom. The minimum Gasteiger partial charge on any atom is -0.493 e. The number of ether oxygens (including phenoxy) is 2. The molecular weight excluding hydrogens is 240 g/mol. The maximum Gasteiger partial charge on any atom is 0.293 e. The molecule has 0 aliphatic carbocycles. The average molecular weight is 257 g/mol. The first-order valence-corrected chi connectivity index (χ1v) is 5.63. The number of halogens is 1. The Bertz CT molecular complexity index is 379. The summed E-state index contributed by atoms with van der Waals surface area (Å²) >= 11 is 0. The van der Waals surface area contributed by atoms with Gasteiger partial charge in [0, 0.05) is 6.42 Å². The standard InChI is InChI=1S/C13H16O3.ClH/c1-10(16-9-14)7-11-4-5-13-12(8-11)3-2-6-15-13;/h4-5,8-10H,2-3,6-7H2,1H3;1H. The third kappa shape index (κ3) is 3.63. The first-order chi connectivity index (χ1) is 7.79. The molecule has 1 aliphatic rings. The van der Waals surface area contributed by atoms with Crippen LogP contribution in [0.2, 0.25) is 0 Å². The molecule has 94 valence electrons. The van der Waals surface area contributed by atoms with Gasteiger partial charge in [0.25, 0.3) is 6.47 Å². The average Bonchev–Trinajstić information content (AvgIpc) is 2.29. The first-order valence-electron chi connectivity index (χ1n) is 5.63. The van der Waals surface area contributed by atoms with Crippen molar-refractivity contribution in [1.82, 2.24) is 0 Å². The van der Waals surface area contributed by atoms with Gasteiger partial charge in [-0.1, -0.05) is 12.1 Å². The van der Waals surface area contributed by atoms with Crippen molar-refractivity contribution in [2.45, 2.75) is 32.3 Å². The predicted octanol–water partition coefficient (Wildman–Crippen LogP) is 2.54. The summed E-state index contributed by atoms with van der Waals surface area (Å²) in [5, 5.41) is 0. The molecule has 1 aliphatic heterocycles. The minimum absolute atomic E-state index is 0. The third-order valence-electron chi connectivity index (χ3n) is 2.78. The zero-order valence-electron chi connectivity index (χ0n) is 9.85. The van der Waals surface area contributed by atoms with Gasteiger partial charge >= 0.3 is 0 Å². The Morgan fingerprint density at radius 2 is 2.35 bits per heavy atom. The van der Waals surface area contributed by atoms with E-state index in [0.29, 0.717) is 6.47 Å². The van der Waals surface area contributed by atoms with Gasteiger partial charge in [-0.15, -0.1) is 12.4 Å². The Balaban J connectivity index is 0.00000144. The smallest absolute Gasteiger partial charge is 0.293 e. The van der Waals surface area contributed by atoms with Gasteiger partial charge in [0.2, 0.25) is 0 Å². The van der Waals surface area contributed by atoms with Crippen LogP contribution in [-0.4, -0.2) is 19.2 Å². The van der Waals surface area contributed by atoms with Crippen LogP contribution in [0.1, 0.15) is 24.5 Å². The van der Waals surface area contributed by atoms with E-state index >= 15 is 0 Å². The first kappa shape index (κ1) is 13.8. The second-order valence-electron chi connectivity index (χ2n) is 4.14. The lowest BCUT2D eigenvalue weighted by Crippen LogP contribution is -2.12. The highest BCUT2D eigenvalue weighted by Gasteiger charge is 2.11. The fraction of sp³-hybridized carbons (Fsp3) is 0.462. The maximum atomic E-state index is 10.2. The van der Waals surface area contributed by atoms with Crippen LogP contribution in [0.3, 0.4) is 0 Å². The second-order valence-corrected chi connectivity index (χ2v) is 4.14. The lowest BCUT2D eigenvalue weighted by molar-refractivity contribution is -0.132. The summed E-state index contributed by atoms with van der Waals surface area (Å²) in [4.78, 5) is 10.2. The number of carbonyl (C=O) groups is 1. The van der Waals surface area contributed by atoms with Crippen molar-refractivity contribution in [3.63, 3.8) is 0 Å². The number of aryl methyl sites for hydroxylation is 1. The molecule has 1 heterocycles. The van der Waals surface area contributed by atoms with E-state index in [-0.39, 0.29) is 18.5 Å². The number of hydrogen-bond acceptors (Lipinski definition) is 3. The molecule has 0 amide bonds. The number of hydrogen-bond donors (Lipinski definition) is 0. The molecule has 0 saturated heterocycles. The van der Waals surface area contributed by atoms with Crippen molar-refractivity contribution in [3.05, 3.63) is 29.3 Å². The highest BCUT2D eigenvalue weighted by atomic mass is 35.5. The minimum atomic E-state index is -0.0694. The molecule has 0 bridgehead atoms.